The van der Waals surface area contributed by atoms with E-state index < -0.39 is 5.54 Å². The molecule has 0 heterocycles. The van der Waals surface area contributed by atoms with Crippen LogP contribution in [0, 0.1) is 13.8 Å². The van der Waals surface area contributed by atoms with Gasteiger partial charge >= 0.3 is 0 Å². The average Bonchev–Trinajstić information content (AvgIpc) is 2.31. The van der Waals surface area contributed by atoms with Gasteiger partial charge in [-0.15, -0.1) is 0 Å². The summed E-state index contributed by atoms with van der Waals surface area (Å²) in [6.45, 7) is 7.50. The van der Waals surface area contributed by atoms with Crippen LogP contribution in [0.4, 0.5) is 0 Å². The molecule has 4 heteroatoms. The molecule has 0 fully saturated rings. The highest BCUT2D eigenvalue weighted by molar-refractivity contribution is 5.85. The fourth-order valence-electron chi connectivity index (χ4n) is 1.91. The van der Waals surface area contributed by atoms with Gasteiger partial charge in [-0.25, -0.2) is 0 Å². The maximum atomic E-state index is 11.8. The van der Waals surface area contributed by atoms with Crippen molar-refractivity contribution < 1.29 is 4.79 Å². The Hall–Kier alpha value is -1.39. The Morgan fingerprint density at radius 1 is 1.32 bits per heavy atom. The number of likely N-dealkylation sites (N-methyl/N-ethyl adjacent to an activating group) is 1. The first-order valence-corrected chi connectivity index (χ1v) is 6.55. The summed E-state index contributed by atoms with van der Waals surface area (Å²) >= 11 is 0. The molecule has 0 saturated heterocycles. The summed E-state index contributed by atoms with van der Waals surface area (Å²) < 4.78 is 0. The van der Waals surface area contributed by atoms with Crippen molar-refractivity contribution in [3.63, 3.8) is 0 Å². The normalized spacial score (nSPS) is 14.4. The van der Waals surface area contributed by atoms with Crippen molar-refractivity contribution >= 4 is 5.91 Å². The molecule has 3 N–H and O–H groups in total. The van der Waals surface area contributed by atoms with E-state index in [0.717, 1.165) is 12.1 Å². The monoisotopic (exact) mass is 263 g/mol. The van der Waals surface area contributed by atoms with Crippen LogP contribution < -0.4 is 11.1 Å². The minimum absolute atomic E-state index is 0.352. The third-order valence-corrected chi connectivity index (χ3v) is 3.61. The van der Waals surface area contributed by atoms with E-state index in [9.17, 15) is 4.79 Å². The zero-order valence-corrected chi connectivity index (χ0v) is 12.6. The molecule has 0 aliphatic carbocycles. The zero-order valence-electron chi connectivity index (χ0n) is 12.6. The standard InChI is InChI=1S/C15H25N3O/c1-11-6-7-13(10-12(11)2)15(3,14(16)19)17-8-9-18(4)5/h6-7,10,17H,8-9H2,1-5H3,(H2,16,19). The van der Waals surface area contributed by atoms with Gasteiger partial charge in [0.2, 0.25) is 5.91 Å². The number of amides is 1. The number of nitrogens with one attached hydrogen (secondary N) is 1. The van der Waals surface area contributed by atoms with Gasteiger partial charge in [-0.2, -0.15) is 0 Å². The summed E-state index contributed by atoms with van der Waals surface area (Å²) in [5.74, 6) is -0.352. The van der Waals surface area contributed by atoms with Crippen molar-refractivity contribution in [3.05, 3.63) is 34.9 Å². The molecule has 1 aromatic carbocycles. The maximum Gasteiger partial charge on any atom is 0.242 e. The largest absolute Gasteiger partial charge is 0.368 e. The molecule has 1 rings (SSSR count). The Bertz CT molecular complexity index is 457. The molecular formula is C15H25N3O. The van der Waals surface area contributed by atoms with Crippen molar-refractivity contribution in [3.8, 4) is 0 Å². The van der Waals surface area contributed by atoms with Crippen LogP contribution in [0.15, 0.2) is 18.2 Å². The molecule has 0 radical (unpaired) electrons. The van der Waals surface area contributed by atoms with Crippen LogP contribution in [0.5, 0.6) is 0 Å². The lowest BCUT2D eigenvalue weighted by atomic mass is 9.89. The van der Waals surface area contributed by atoms with Crippen molar-refractivity contribution in [2.45, 2.75) is 26.3 Å². The maximum absolute atomic E-state index is 11.8. The summed E-state index contributed by atoms with van der Waals surface area (Å²) in [6, 6.07) is 6.03. The average molecular weight is 263 g/mol. The van der Waals surface area contributed by atoms with E-state index in [0.29, 0.717) is 6.54 Å². The first kappa shape index (κ1) is 15.7. The highest BCUT2D eigenvalue weighted by atomic mass is 16.1. The molecule has 1 amide bonds. The Labute approximate surface area is 116 Å². The second-order valence-corrected chi connectivity index (χ2v) is 5.52. The van der Waals surface area contributed by atoms with Crippen LogP contribution in [0.3, 0.4) is 0 Å². The van der Waals surface area contributed by atoms with Crippen LogP contribution >= 0.6 is 0 Å². The molecule has 1 atom stereocenters. The molecule has 106 valence electrons. The first-order chi connectivity index (χ1) is 8.77. The minimum atomic E-state index is -0.825. The van der Waals surface area contributed by atoms with Gasteiger partial charge in [-0.05, 0) is 51.6 Å². The Balaban J connectivity index is 2.97. The van der Waals surface area contributed by atoms with E-state index in [1.807, 2.05) is 46.1 Å². The van der Waals surface area contributed by atoms with Gasteiger partial charge in [0, 0.05) is 13.1 Å². The molecule has 0 saturated carbocycles. The molecular weight excluding hydrogens is 238 g/mol. The van der Waals surface area contributed by atoms with Gasteiger partial charge in [0.05, 0.1) is 0 Å². The molecule has 4 nitrogen and oxygen atoms in total. The number of hydrogen-bond donors (Lipinski definition) is 2. The number of nitrogens with two attached hydrogens (primary N) is 1. The Morgan fingerprint density at radius 2 is 1.95 bits per heavy atom. The SMILES string of the molecule is Cc1ccc(C(C)(NCCN(C)C)C(N)=O)cc1C. The molecule has 19 heavy (non-hydrogen) atoms. The highest BCUT2D eigenvalue weighted by Crippen LogP contribution is 2.22. The Kier molecular flexibility index (Phi) is 5.09. The summed E-state index contributed by atoms with van der Waals surface area (Å²) in [6.07, 6.45) is 0. The summed E-state index contributed by atoms with van der Waals surface area (Å²) in [4.78, 5) is 13.9. The molecule has 0 aliphatic heterocycles. The molecule has 0 bridgehead atoms. The number of aryl methyl sites for hydroxylation is 2. The summed E-state index contributed by atoms with van der Waals surface area (Å²) in [7, 11) is 4.00. The topological polar surface area (TPSA) is 58.4 Å². The Morgan fingerprint density at radius 3 is 2.42 bits per heavy atom. The molecule has 0 aliphatic rings. The lowest BCUT2D eigenvalue weighted by molar-refractivity contribution is -0.124. The van der Waals surface area contributed by atoms with Gasteiger partial charge in [0.1, 0.15) is 5.54 Å². The smallest absolute Gasteiger partial charge is 0.242 e. The number of nitrogens with zero attached hydrogens (tertiary/aromatic N) is 1. The number of primary amides is 1. The number of carbonyl (C=O) groups excluding carboxylic acids is 1. The molecule has 0 spiro atoms. The predicted molar refractivity (Wildman–Crippen MR) is 79.0 cm³/mol. The van der Waals surface area contributed by atoms with Gasteiger partial charge in [-0.3, -0.25) is 10.1 Å². The third kappa shape index (κ3) is 3.78. The quantitative estimate of drug-likeness (QED) is 0.809. The number of hydrogen-bond acceptors (Lipinski definition) is 3. The van der Waals surface area contributed by atoms with Gasteiger partial charge in [0.15, 0.2) is 0 Å². The van der Waals surface area contributed by atoms with E-state index in [2.05, 4.69) is 17.1 Å². The van der Waals surface area contributed by atoms with Crippen LogP contribution in [-0.4, -0.2) is 38.0 Å². The van der Waals surface area contributed by atoms with Crippen molar-refractivity contribution in [2.24, 2.45) is 5.73 Å². The van der Waals surface area contributed by atoms with Crippen LogP contribution in [-0.2, 0) is 10.3 Å². The van der Waals surface area contributed by atoms with E-state index in [1.165, 1.54) is 11.1 Å². The minimum Gasteiger partial charge on any atom is -0.368 e. The highest BCUT2D eigenvalue weighted by Gasteiger charge is 2.32. The number of carbonyl (C=O) groups is 1. The van der Waals surface area contributed by atoms with Crippen LogP contribution in [0.1, 0.15) is 23.6 Å². The van der Waals surface area contributed by atoms with Gasteiger partial charge in [-0.1, -0.05) is 18.2 Å². The zero-order chi connectivity index (χ0) is 14.6. The van der Waals surface area contributed by atoms with Crippen molar-refractivity contribution in [1.29, 1.82) is 0 Å². The van der Waals surface area contributed by atoms with Gasteiger partial charge in [0.25, 0.3) is 0 Å². The van der Waals surface area contributed by atoms with E-state index in [1.54, 1.807) is 0 Å². The lowest BCUT2D eigenvalue weighted by Crippen LogP contribution is -2.52. The van der Waals surface area contributed by atoms with Gasteiger partial charge < -0.3 is 10.6 Å². The molecule has 0 aromatic heterocycles. The fraction of sp³-hybridized carbons (Fsp3) is 0.533. The predicted octanol–water partition coefficient (Wildman–Crippen LogP) is 1.16. The van der Waals surface area contributed by atoms with E-state index in [4.69, 9.17) is 5.73 Å². The van der Waals surface area contributed by atoms with Crippen LogP contribution in [0.2, 0.25) is 0 Å². The molecule has 1 aromatic rings. The van der Waals surface area contributed by atoms with Crippen molar-refractivity contribution in [2.75, 3.05) is 27.2 Å². The molecule has 1 unspecified atom stereocenters. The second kappa shape index (κ2) is 6.17. The number of rotatable bonds is 6. The van der Waals surface area contributed by atoms with E-state index in [-0.39, 0.29) is 5.91 Å². The summed E-state index contributed by atoms with van der Waals surface area (Å²) in [5.41, 5.74) is 8.06. The summed E-state index contributed by atoms with van der Waals surface area (Å²) in [5, 5.41) is 3.27. The second-order valence-electron chi connectivity index (χ2n) is 5.52. The first-order valence-electron chi connectivity index (χ1n) is 6.55. The fourth-order valence-corrected chi connectivity index (χ4v) is 1.91. The van der Waals surface area contributed by atoms with Crippen LogP contribution in [0.25, 0.3) is 0 Å². The number of benzene rings is 1. The van der Waals surface area contributed by atoms with Crippen molar-refractivity contribution in [1.82, 2.24) is 10.2 Å². The lowest BCUT2D eigenvalue weighted by Gasteiger charge is -2.29. The van der Waals surface area contributed by atoms with E-state index >= 15 is 0 Å². The third-order valence-electron chi connectivity index (χ3n) is 3.61.